The Kier molecular flexibility index (Phi) is 4.65. The van der Waals surface area contributed by atoms with E-state index in [1.165, 1.54) is 0 Å². The number of aliphatic hydroxyl groups is 1. The van der Waals surface area contributed by atoms with Crippen molar-refractivity contribution in [3.8, 4) is 5.75 Å². The Labute approximate surface area is 120 Å². The summed E-state index contributed by atoms with van der Waals surface area (Å²) in [4.78, 5) is 12.4. The van der Waals surface area contributed by atoms with Gasteiger partial charge in [-0.15, -0.1) is 0 Å². The third-order valence-electron chi connectivity index (χ3n) is 4.26. The Morgan fingerprint density at radius 1 is 1.40 bits per heavy atom. The molecule has 2 N–H and O–H groups in total. The Bertz CT molecular complexity index is 465. The number of ether oxygens (including phenoxy) is 1. The molecular formula is C16H23NO3. The lowest BCUT2D eigenvalue weighted by atomic mass is 9.77. The van der Waals surface area contributed by atoms with Gasteiger partial charge in [0.25, 0.3) is 5.91 Å². The quantitative estimate of drug-likeness (QED) is 0.888. The molecule has 0 aromatic heterocycles. The lowest BCUT2D eigenvalue weighted by Gasteiger charge is -2.38. The van der Waals surface area contributed by atoms with Crippen molar-refractivity contribution >= 4 is 5.91 Å². The number of aliphatic hydroxyl groups excluding tert-OH is 1. The van der Waals surface area contributed by atoms with Crippen molar-refractivity contribution < 1.29 is 14.6 Å². The van der Waals surface area contributed by atoms with E-state index in [0.717, 1.165) is 25.7 Å². The van der Waals surface area contributed by atoms with Crippen LogP contribution in [-0.2, 0) is 0 Å². The summed E-state index contributed by atoms with van der Waals surface area (Å²) in [5.74, 6) is 1.05. The molecule has 1 aromatic carbocycles. The maximum absolute atomic E-state index is 12.4. The van der Waals surface area contributed by atoms with Crippen LogP contribution in [-0.4, -0.2) is 30.3 Å². The molecule has 0 heterocycles. The molecule has 110 valence electrons. The molecule has 0 aliphatic heterocycles. The molecule has 1 amide bonds. The van der Waals surface area contributed by atoms with Gasteiger partial charge in [-0.2, -0.15) is 0 Å². The first kappa shape index (κ1) is 14.9. The van der Waals surface area contributed by atoms with E-state index in [-0.39, 0.29) is 12.5 Å². The first-order valence-electron chi connectivity index (χ1n) is 7.16. The number of benzene rings is 1. The van der Waals surface area contributed by atoms with Crippen molar-refractivity contribution in [1.29, 1.82) is 0 Å². The summed E-state index contributed by atoms with van der Waals surface area (Å²) in [6.45, 7) is 2.20. The predicted octanol–water partition coefficient (Wildman–Crippen LogP) is 2.37. The highest BCUT2D eigenvalue weighted by atomic mass is 16.5. The minimum Gasteiger partial charge on any atom is -0.496 e. The van der Waals surface area contributed by atoms with Crippen LogP contribution in [0.15, 0.2) is 24.3 Å². The average molecular weight is 277 g/mol. The Balaban J connectivity index is 2.13. The van der Waals surface area contributed by atoms with Crippen LogP contribution in [0.25, 0.3) is 0 Å². The second-order valence-corrected chi connectivity index (χ2v) is 5.78. The summed E-state index contributed by atoms with van der Waals surface area (Å²) in [6.07, 6.45) is 3.72. The van der Waals surface area contributed by atoms with Gasteiger partial charge in [0.05, 0.1) is 24.8 Å². The van der Waals surface area contributed by atoms with E-state index in [4.69, 9.17) is 4.74 Å². The number of para-hydroxylation sites is 1. The van der Waals surface area contributed by atoms with Crippen LogP contribution in [0.2, 0.25) is 0 Å². The lowest BCUT2D eigenvalue weighted by molar-refractivity contribution is 0.0714. The number of hydrogen-bond donors (Lipinski definition) is 2. The average Bonchev–Trinajstić information content (AvgIpc) is 2.49. The van der Waals surface area contributed by atoms with Gasteiger partial charge in [-0.05, 0) is 43.7 Å². The monoisotopic (exact) mass is 277 g/mol. The maximum atomic E-state index is 12.4. The van der Waals surface area contributed by atoms with Gasteiger partial charge in [-0.25, -0.2) is 0 Å². The van der Waals surface area contributed by atoms with Crippen LogP contribution in [0, 0.1) is 5.92 Å². The van der Waals surface area contributed by atoms with Gasteiger partial charge in [0, 0.05) is 0 Å². The number of carbonyl (C=O) groups excluding carboxylic acids is 1. The molecule has 0 bridgehead atoms. The Morgan fingerprint density at radius 3 is 2.65 bits per heavy atom. The van der Waals surface area contributed by atoms with Gasteiger partial charge >= 0.3 is 0 Å². The van der Waals surface area contributed by atoms with Crippen LogP contribution < -0.4 is 10.1 Å². The van der Waals surface area contributed by atoms with Gasteiger partial charge in [0.15, 0.2) is 0 Å². The molecule has 1 aromatic rings. The van der Waals surface area contributed by atoms with E-state index in [2.05, 4.69) is 12.2 Å². The number of nitrogens with one attached hydrogen (secondary N) is 1. The van der Waals surface area contributed by atoms with Crippen molar-refractivity contribution in [2.45, 2.75) is 38.1 Å². The highest BCUT2D eigenvalue weighted by Gasteiger charge is 2.35. The molecule has 1 saturated carbocycles. The molecule has 0 spiro atoms. The molecule has 1 fully saturated rings. The molecule has 0 radical (unpaired) electrons. The largest absolute Gasteiger partial charge is 0.496 e. The van der Waals surface area contributed by atoms with Crippen LogP contribution in [0.3, 0.4) is 0 Å². The van der Waals surface area contributed by atoms with Gasteiger partial charge in [-0.1, -0.05) is 19.1 Å². The molecule has 1 aliphatic carbocycles. The van der Waals surface area contributed by atoms with E-state index in [1.807, 2.05) is 12.1 Å². The van der Waals surface area contributed by atoms with Crippen LogP contribution in [0.5, 0.6) is 5.75 Å². The van der Waals surface area contributed by atoms with E-state index < -0.39 is 5.54 Å². The van der Waals surface area contributed by atoms with Gasteiger partial charge < -0.3 is 15.2 Å². The molecular weight excluding hydrogens is 254 g/mol. The molecule has 20 heavy (non-hydrogen) atoms. The van der Waals surface area contributed by atoms with Gasteiger partial charge in [-0.3, -0.25) is 4.79 Å². The summed E-state index contributed by atoms with van der Waals surface area (Å²) < 4.78 is 5.22. The van der Waals surface area contributed by atoms with E-state index in [1.54, 1.807) is 19.2 Å². The Hall–Kier alpha value is -1.55. The van der Waals surface area contributed by atoms with E-state index in [0.29, 0.717) is 17.2 Å². The fourth-order valence-corrected chi connectivity index (χ4v) is 2.78. The van der Waals surface area contributed by atoms with E-state index >= 15 is 0 Å². The first-order valence-corrected chi connectivity index (χ1v) is 7.16. The van der Waals surface area contributed by atoms with Crippen molar-refractivity contribution in [3.05, 3.63) is 29.8 Å². The molecule has 0 atom stereocenters. The third-order valence-corrected chi connectivity index (χ3v) is 4.26. The fourth-order valence-electron chi connectivity index (χ4n) is 2.78. The van der Waals surface area contributed by atoms with Crippen molar-refractivity contribution in [2.24, 2.45) is 5.92 Å². The van der Waals surface area contributed by atoms with Crippen LogP contribution >= 0.6 is 0 Å². The minimum atomic E-state index is -0.482. The highest BCUT2D eigenvalue weighted by Crippen LogP contribution is 2.32. The number of rotatable bonds is 4. The zero-order valence-corrected chi connectivity index (χ0v) is 12.2. The second kappa shape index (κ2) is 6.27. The summed E-state index contributed by atoms with van der Waals surface area (Å²) in [7, 11) is 1.55. The molecule has 4 heteroatoms. The SMILES string of the molecule is COc1ccccc1C(=O)NC1(CO)CCC(C)CC1. The molecule has 2 rings (SSSR count). The topological polar surface area (TPSA) is 58.6 Å². The van der Waals surface area contributed by atoms with Crippen molar-refractivity contribution in [2.75, 3.05) is 13.7 Å². The van der Waals surface area contributed by atoms with Crippen LogP contribution in [0.4, 0.5) is 0 Å². The number of amides is 1. The number of carbonyl (C=O) groups is 1. The van der Waals surface area contributed by atoms with Crippen molar-refractivity contribution in [3.63, 3.8) is 0 Å². The number of hydrogen-bond acceptors (Lipinski definition) is 3. The molecule has 4 nitrogen and oxygen atoms in total. The zero-order valence-electron chi connectivity index (χ0n) is 12.2. The third kappa shape index (κ3) is 3.12. The Morgan fingerprint density at radius 2 is 2.05 bits per heavy atom. The summed E-state index contributed by atoms with van der Waals surface area (Å²) in [5.41, 5.74) is 0.0335. The smallest absolute Gasteiger partial charge is 0.255 e. The normalized spacial score (nSPS) is 26.1. The predicted molar refractivity (Wildman–Crippen MR) is 77.9 cm³/mol. The van der Waals surface area contributed by atoms with Crippen molar-refractivity contribution in [1.82, 2.24) is 5.32 Å². The lowest BCUT2D eigenvalue weighted by Crippen LogP contribution is -2.53. The highest BCUT2D eigenvalue weighted by molar-refractivity contribution is 5.97. The van der Waals surface area contributed by atoms with Gasteiger partial charge in [0.2, 0.25) is 0 Å². The molecule has 0 unspecified atom stereocenters. The van der Waals surface area contributed by atoms with Crippen LogP contribution in [0.1, 0.15) is 43.0 Å². The second-order valence-electron chi connectivity index (χ2n) is 5.78. The van der Waals surface area contributed by atoms with Gasteiger partial charge in [0.1, 0.15) is 5.75 Å². The first-order chi connectivity index (χ1) is 9.60. The minimum absolute atomic E-state index is 0.0133. The fraction of sp³-hybridized carbons (Fsp3) is 0.562. The summed E-state index contributed by atoms with van der Waals surface area (Å²) >= 11 is 0. The zero-order chi connectivity index (χ0) is 14.6. The maximum Gasteiger partial charge on any atom is 0.255 e. The summed E-state index contributed by atoms with van der Waals surface area (Å²) in [5, 5.41) is 12.7. The van der Waals surface area contributed by atoms with E-state index in [9.17, 15) is 9.90 Å². The molecule has 0 saturated heterocycles. The number of methoxy groups -OCH3 is 1. The standard InChI is InChI=1S/C16H23NO3/c1-12-7-9-16(11-18,10-8-12)17-15(19)13-5-3-4-6-14(13)20-2/h3-6,12,18H,7-11H2,1-2H3,(H,17,19). The molecule has 1 aliphatic rings. The summed E-state index contributed by atoms with van der Waals surface area (Å²) in [6, 6.07) is 7.15.